The molecular weight excluding hydrogens is 368 g/mol. The van der Waals surface area contributed by atoms with Crippen molar-refractivity contribution in [3.8, 4) is 6.07 Å². The lowest BCUT2D eigenvalue weighted by atomic mass is 10.1. The second-order valence-electron chi connectivity index (χ2n) is 6.89. The molecule has 0 fully saturated rings. The van der Waals surface area contributed by atoms with Gasteiger partial charge in [0.15, 0.2) is 0 Å². The summed E-state index contributed by atoms with van der Waals surface area (Å²) in [6.07, 6.45) is 3.43. The van der Waals surface area contributed by atoms with Crippen LogP contribution in [0, 0.1) is 18.3 Å². The van der Waals surface area contributed by atoms with E-state index in [4.69, 9.17) is 0 Å². The number of para-hydroxylation sites is 1. The van der Waals surface area contributed by atoms with Crippen molar-refractivity contribution in [1.82, 2.24) is 9.97 Å². The van der Waals surface area contributed by atoms with Gasteiger partial charge in [0.1, 0.15) is 11.1 Å². The van der Waals surface area contributed by atoms with E-state index >= 15 is 0 Å². The maximum atomic E-state index is 12.5. The predicted molar refractivity (Wildman–Crippen MR) is 111 cm³/mol. The van der Waals surface area contributed by atoms with E-state index < -0.39 is 0 Å². The molecule has 0 saturated carbocycles. The first-order valence-corrected chi connectivity index (χ1v) is 10.3. The average Bonchev–Trinajstić information content (AvgIpc) is 3.14. The number of nitrogens with one attached hydrogen (secondary N) is 1. The Balaban J connectivity index is 1.42. The number of nitrogens with zero attached hydrogens (tertiary/aromatic N) is 3. The Bertz CT molecular complexity index is 1100. The van der Waals surface area contributed by atoms with Crippen molar-refractivity contribution in [2.45, 2.75) is 37.6 Å². The van der Waals surface area contributed by atoms with Crippen LogP contribution in [-0.4, -0.2) is 21.6 Å². The summed E-state index contributed by atoms with van der Waals surface area (Å²) in [5.41, 5.74) is 5.43. The Kier molecular flexibility index (Phi) is 5.27. The van der Waals surface area contributed by atoms with E-state index in [1.807, 2.05) is 43.3 Å². The molecule has 0 spiro atoms. The zero-order chi connectivity index (χ0) is 19.5. The van der Waals surface area contributed by atoms with Crippen LogP contribution in [0.3, 0.4) is 0 Å². The van der Waals surface area contributed by atoms with Gasteiger partial charge in [-0.2, -0.15) is 5.26 Å². The van der Waals surface area contributed by atoms with Gasteiger partial charge in [0.05, 0.1) is 16.8 Å². The third-order valence-corrected chi connectivity index (χ3v) is 5.82. The molecule has 2 heterocycles. The molecule has 28 heavy (non-hydrogen) atoms. The first-order valence-electron chi connectivity index (χ1n) is 9.36. The molecule has 4 rings (SSSR count). The molecule has 140 valence electrons. The second-order valence-corrected chi connectivity index (χ2v) is 7.97. The zero-order valence-electron chi connectivity index (χ0n) is 15.7. The molecule has 1 amide bonds. The molecule has 6 heteroatoms. The van der Waals surface area contributed by atoms with Crippen molar-refractivity contribution in [2.75, 3.05) is 11.1 Å². The van der Waals surface area contributed by atoms with E-state index in [2.05, 4.69) is 21.4 Å². The standard InChI is InChI=1S/C22H20N4OS/c1-14-11-20(17-6-2-3-7-19(17)24-14)25-21(27)9-10-28-22-16(13-23)12-15-5-4-8-18(15)26-22/h2-3,6-7,11-12H,4-5,8-10H2,1H3,(H,24,25,27). The maximum Gasteiger partial charge on any atom is 0.225 e. The number of aryl methyl sites for hydroxylation is 3. The maximum absolute atomic E-state index is 12.5. The third-order valence-electron chi connectivity index (χ3n) is 4.82. The molecule has 0 atom stereocenters. The Hall–Kier alpha value is -2.91. The van der Waals surface area contributed by atoms with Gasteiger partial charge in [0.25, 0.3) is 0 Å². The monoisotopic (exact) mass is 388 g/mol. The number of thioether (sulfide) groups is 1. The minimum Gasteiger partial charge on any atom is -0.325 e. The molecule has 2 aromatic heterocycles. The summed E-state index contributed by atoms with van der Waals surface area (Å²) in [5.74, 6) is 0.525. The molecule has 5 nitrogen and oxygen atoms in total. The summed E-state index contributed by atoms with van der Waals surface area (Å²) in [6.45, 7) is 1.92. The number of benzene rings is 1. The number of nitriles is 1. The number of hydrogen-bond donors (Lipinski definition) is 1. The number of carbonyl (C=O) groups excluding carboxylic acids is 1. The molecule has 0 radical (unpaired) electrons. The van der Waals surface area contributed by atoms with Crippen LogP contribution >= 0.6 is 11.8 Å². The van der Waals surface area contributed by atoms with Crippen LogP contribution in [0.15, 0.2) is 41.4 Å². The predicted octanol–water partition coefficient (Wildman–Crippen LogP) is 4.42. The number of rotatable bonds is 5. The van der Waals surface area contributed by atoms with E-state index in [1.54, 1.807) is 0 Å². The van der Waals surface area contributed by atoms with Gasteiger partial charge in [-0.3, -0.25) is 9.78 Å². The number of pyridine rings is 2. The lowest BCUT2D eigenvalue weighted by Gasteiger charge is -2.10. The van der Waals surface area contributed by atoms with Crippen LogP contribution in [0.5, 0.6) is 0 Å². The largest absolute Gasteiger partial charge is 0.325 e. The summed E-state index contributed by atoms with van der Waals surface area (Å²) in [7, 11) is 0. The topological polar surface area (TPSA) is 78.7 Å². The number of aromatic nitrogens is 2. The van der Waals surface area contributed by atoms with Gasteiger partial charge in [-0.15, -0.1) is 11.8 Å². The number of hydrogen-bond acceptors (Lipinski definition) is 5. The fraction of sp³-hybridized carbons (Fsp3) is 0.273. The number of carbonyl (C=O) groups is 1. The molecule has 1 aromatic carbocycles. The molecule has 0 aliphatic heterocycles. The van der Waals surface area contributed by atoms with Gasteiger partial charge in [-0.05, 0) is 49.9 Å². The highest BCUT2D eigenvalue weighted by atomic mass is 32.2. The van der Waals surface area contributed by atoms with Gasteiger partial charge in [0, 0.05) is 28.9 Å². The third kappa shape index (κ3) is 3.85. The highest BCUT2D eigenvalue weighted by Gasteiger charge is 2.17. The van der Waals surface area contributed by atoms with Crippen LogP contribution in [0.1, 0.15) is 35.4 Å². The number of amides is 1. The van der Waals surface area contributed by atoms with Crippen molar-refractivity contribution in [3.05, 3.63) is 58.9 Å². The van der Waals surface area contributed by atoms with Gasteiger partial charge in [-0.25, -0.2) is 4.98 Å². The SMILES string of the molecule is Cc1cc(NC(=O)CCSc2nc3c(cc2C#N)CCC3)c2ccccc2n1. The molecular formula is C22H20N4OS. The highest BCUT2D eigenvalue weighted by molar-refractivity contribution is 7.99. The summed E-state index contributed by atoms with van der Waals surface area (Å²) < 4.78 is 0. The van der Waals surface area contributed by atoms with Crippen LogP contribution in [0.2, 0.25) is 0 Å². The fourth-order valence-corrected chi connectivity index (χ4v) is 4.42. The Morgan fingerprint density at radius 3 is 2.96 bits per heavy atom. The van der Waals surface area contributed by atoms with Crippen molar-refractivity contribution in [1.29, 1.82) is 5.26 Å². The fourth-order valence-electron chi connectivity index (χ4n) is 3.51. The molecule has 0 bridgehead atoms. The van der Waals surface area contributed by atoms with Crippen molar-refractivity contribution < 1.29 is 4.79 Å². The summed E-state index contributed by atoms with van der Waals surface area (Å²) in [4.78, 5) is 21.6. The van der Waals surface area contributed by atoms with E-state index in [0.29, 0.717) is 17.7 Å². The molecule has 0 unspecified atom stereocenters. The average molecular weight is 388 g/mol. The number of anilines is 1. The number of fused-ring (bicyclic) bond motifs is 2. The summed E-state index contributed by atoms with van der Waals surface area (Å²) >= 11 is 1.48. The molecule has 0 saturated heterocycles. The van der Waals surface area contributed by atoms with Crippen molar-refractivity contribution in [2.24, 2.45) is 0 Å². The normalized spacial score (nSPS) is 12.6. The second kappa shape index (κ2) is 7.99. The van der Waals surface area contributed by atoms with Crippen LogP contribution in [-0.2, 0) is 17.6 Å². The van der Waals surface area contributed by atoms with Crippen molar-refractivity contribution in [3.63, 3.8) is 0 Å². The smallest absolute Gasteiger partial charge is 0.225 e. The van der Waals surface area contributed by atoms with E-state index in [0.717, 1.165) is 52.3 Å². The first-order chi connectivity index (χ1) is 13.6. The van der Waals surface area contributed by atoms with E-state index in [-0.39, 0.29) is 5.91 Å². The zero-order valence-corrected chi connectivity index (χ0v) is 16.5. The van der Waals surface area contributed by atoms with Crippen molar-refractivity contribution >= 4 is 34.3 Å². The lowest BCUT2D eigenvalue weighted by Crippen LogP contribution is -2.13. The molecule has 1 N–H and O–H groups in total. The lowest BCUT2D eigenvalue weighted by molar-refractivity contribution is -0.115. The van der Waals surface area contributed by atoms with E-state index in [9.17, 15) is 10.1 Å². The minimum absolute atomic E-state index is 0.0529. The molecule has 1 aliphatic carbocycles. The molecule has 1 aliphatic rings. The first kappa shape index (κ1) is 18.5. The van der Waals surface area contributed by atoms with E-state index in [1.165, 1.54) is 17.3 Å². The Morgan fingerprint density at radius 1 is 1.25 bits per heavy atom. The quantitative estimate of drug-likeness (QED) is 0.655. The summed E-state index contributed by atoms with van der Waals surface area (Å²) in [5, 5.41) is 14.1. The van der Waals surface area contributed by atoms with Crippen LogP contribution in [0.4, 0.5) is 5.69 Å². The molecule has 3 aromatic rings. The van der Waals surface area contributed by atoms with Gasteiger partial charge >= 0.3 is 0 Å². The minimum atomic E-state index is -0.0529. The van der Waals surface area contributed by atoms with Crippen LogP contribution in [0.25, 0.3) is 10.9 Å². The van der Waals surface area contributed by atoms with Gasteiger partial charge < -0.3 is 5.32 Å². The van der Waals surface area contributed by atoms with Gasteiger partial charge in [0.2, 0.25) is 5.91 Å². The van der Waals surface area contributed by atoms with Crippen LogP contribution < -0.4 is 5.32 Å². The highest BCUT2D eigenvalue weighted by Crippen LogP contribution is 2.28. The summed E-state index contributed by atoms with van der Waals surface area (Å²) in [6, 6.07) is 13.9. The Labute approximate surface area is 168 Å². The Morgan fingerprint density at radius 2 is 2.11 bits per heavy atom. The van der Waals surface area contributed by atoms with Gasteiger partial charge in [-0.1, -0.05) is 18.2 Å².